The van der Waals surface area contributed by atoms with Crippen LogP contribution in [-0.4, -0.2) is 74.0 Å². The smallest absolute Gasteiger partial charge is 0.167 e. The van der Waals surface area contributed by atoms with Crippen LogP contribution < -0.4 is 9.47 Å². The molecule has 1 saturated heterocycles. The first kappa shape index (κ1) is 27.5. The third-order valence-corrected chi connectivity index (χ3v) is 8.77. The number of pyridine rings is 1. The highest BCUT2D eigenvalue weighted by molar-refractivity contribution is 5.81. The van der Waals surface area contributed by atoms with Crippen molar-refractivity contribution in [3.8, 4) is 34.4 Å². The van der Waals surface area contributed by atoms with E-state index in [0.29, 0.717) is 35.0 Å². The van der Waals surface area contributed by atoms with Crippen molar-refractivity contribution in [1.82, 2.24) is 34.1 Å². The highest BCUT2D eigenvalue weighted by Gasteiger charge is 2.32. The molecule has 0 amide bonds. The predicted molar refractivity (Wildman–Crippen MR) is 169 cm³/mol. The number of piperazine rings is 1. The van der Waals surface area contributed by atoms with Crippen LogP contribution in [0.3, 0.4) is 0 Å². The van der Waals surface area contributed by atoms with Gasteiger partial charge in [-0.3, -0.25) is 14.4 Å². The van der Waals surface area contributed by atoms with Gasteiger partial charge in [0, 0.05) is 56.7 Å². The fourth-order valence-electron chi connectivity index (χ4n) is 6.39. The predicted octanol–water partition coefficient (Wildman–Crippen LogP) is 5.67. The van der Waals surface area contributed by atoms with E-state index in [4.69, 9.17) is 19.4 Å². The lowest BCUT2D eigenvalue weighted by molar-refractivity contribution is 0.0811. The fourth-order valence-corrected chi connectivity index (χ4v) is 6.39. The van der Waals surface area contributed by atoms with Gasteiger partial charge in [0.1, 0.15) is 35.3 Å². The Bertz CT molecular complexity index is 1960. The minimum atomic E-state index is -0.343. The molecular formula is C35H32FN7O2. The Labute approximate surface area is 260 Å². The number of halogens is 1. The van der Waals surface area contributed by atoms with Crippen molar-refractivity contribution < 1.29 is 13.9 Å². The topological polar surface area (TPSA) is 73.5 Å². The van der Waals surface area contributed by atoms with Crippen LogP contribution in [-0.2, 0) is 6.54 Å². The molecule has 8 rings (SSSR count). The SMILES string of the molecule is COc1ccc(CN2CCN([C@H]3COc4cc(-n5c(-c6ccccc6F)nc6ccc(-n7cccn7)nc65)ccc43)CC2)cc1. The Morgan fingerprint density at radius 3 is 2.53 bits per heavy atom. The molecular weight excluding hydrogens is 569 g/mol. The van der Waals surface area contributed by atoms with Crippen LogP contribution in [0.15, 0.2) is 97.3 Å². The molecule has 226 valence electrons. The van der Waals surface area contributed by atoms with E-state index < -0.39 is 0 Å². The van der Waals surface area contributed by atoms with Gasteiger partial charge in [0.15, 0.2) is 11.5 Å². The van der Waals surface area contributed by atoms with Gasteiger partial charge >= 0.3 is 0 Å². The summed E-state index contributed by atoms with van der Waals surface area (Å²) in [6.45, 7) is 5.45. The van der Waals surface area contributed by atoms with Crippen molar-refractivity contribution >= 4 is 11.2 Å². The second-order valence-corrected chi connectivity index (χ2v) is 11.4. The normalized spacial score (nSPS) is 17.0. The quantitative estimate of drug-likeness (QED) is 0.233. The van der Waals surface area contributed by atoms with E-state index in [9.17, 15) is 0 Å². The average Bonchev–Trinajstić information content (AvgIpc) is 3.84. The first-order valence-electron chi connectivity index (χ1n) is 15.2. The van der Waals surface area contributed by atoms with Crippen LogP contribution in [0.5, 0.6) is 11.5 Å². The number of nitrogens with zero attached hydrogens (tertiary/aromatic N) is 7. The van der Waals surface area contributed by atoms with Crippen molar-refractivity contribution in [2.45, 2.75) is 12.6 Å². The van der Waals surface area contributed by atoms with Crippen LogP contribution in [0.25, 0.3) is 34.1 Å². The monoisotopic (exact) mass is 601 g/mol. The molecule has 3 aromatic heterocycles. The zero-order valence-corrected chi connectivity index (χ0v) is 24.9. The zero-order chi connectivity index (χ0) is 30.3. The molecule has 9 nitrogen and oxygen atoms in total. The maximum Gasteiger partial charge on any atom is 0.167 e. The third kappa shape index (κ3) is 5.11. The Morgan fingerprint density at radius 2 is 1.76 bits per heavy atom. The number of aromatic nitrogens is 5. The molecule has 0 spiro atoms. The number of ether oxygens (including phenoxy) is 2. The minimum absolute atomic E-state index is 0.187. The van der Waals surface area contributed by atoms with Crippen molar-refractivity contribution in [2.75, 3.05) is 39.9 Å². The number of benzene rings is 3. The zero-order valence-electron chi connectivity index (χ0n) is 24.9. The third-order valence-electron chi connectivity index (χ3n) is 8.77. The largest absolute Gasteiger partial charge is 0.497 e. The van der Waals surface area contributed by atoms with E-state index in [1.165, 1.54) is 17.2 Å². The first-order valence-corrected chi connectivity index (χ1v) is 15.2. The molecule has 2 aliphatic heterocycles. The van der Waals surface area contributed by atoms with E-state index in [-0.39, 0.29) is 11.9 Å². The van der Waals surface area contributed by atoms with E-state index >= 15 is 4.39 Å². The summed E-state index contributed by atoms with van der Waals surface area (Å²) in [4.78, 5) is 14.8. The molecule has 0 unspecified atom stereocenters. The summed E-state index contributed by atoms with van der Waals surface area (Å²) in [5, 5.41) is 4.34. The molecule has 0 bridgehead atoms. The van der Waals surface area contributed by atoms with Gasteiger partial charge in [-0.15, -0.1) is 0 Å². The maximum atomic E-state index is 15.1. The van der Waals surface area contributed by atoms with Gasteiger partial charge in [-0.05, 0) is 54.1 Å². The van der Waals surface area contributed by atoms with Crippen LogP contribution in [0.1, 0.15) is 17.2 Å². The van der Waals surface area contributed by atoms with Crippen LogP contribution >= 0.6 is 0 Å². The van der Waals surface area contributed by atoms with Crippen molar-refractivity contribution in [2.24, 2.45) is 0 Å². The van der Waals surface area contributed by atoms with Crippen molar-refractivity contribution in [3.05, 3.63) is 114 Å². The summed E-state index contributed by atoms with van der Waals surface area (Å²) in [5.41, 5.74) is 4.95. The summed E-state index contributed by atoms with van der Waals surface area (Å²) in [6, 6.07) is 27.0. The van der Waals surface area contributed by atoms with Gasteiger partial charge in [0.25, 0.3) is 0 Å². The summed E-state index contributed by atoms with van der Waals surface area (Å²) in [6.07, 6.45) is 3.55. The molecule has 0 aliphatic carbocycles. The lowest BCUT2D eigenvalue weighted by Gasteiger charge is -2.37. The fraction of sp³-hybridized carbons (Fsp3) is 0.229. The number of hydrogen-bond acceptors (Lipinski definition) is 7. The lowest BCUT2D eigenvalue weighted by Crippen LogP contribution is -2.47. The number of methoxy groups -OCH3 is 1. The number of hydrogen-bond donors (Lipinski definition) is 0. The second kappa shape index (κ2) is 11.5. The Kier molecular flexibility index (Phi) is 7.00. The maximum absolute atomic E-state index is 15.1. The van der Waals surface area contributed by atoms with Gasteiger partial charge in [0.2, 0.25) is 0 Å². The molecule has 3 aromatic carbocycles. The van der Waals surface area contributed by atoms with Gasteiger partial charge < -0.3 is 9.47 Å². The number of imidazole rings is 1. The number of fused-ring (bicyclic) bond motifs is 2. The molecule has 0 saturated carbocycles. The standard InChI is InChI=1S/C35H32FN7O2/c1-44-26-10-7-24(8-11-26)22-40-17-19-41(20-18-40)31-23-45-32-21-25(9-12-28(31)32)43-34(27-5-2-3-6-29(27)36)38-30-13-14-33(39-35(30)43)42-16-4-15-37-42/h2-16,21,31H,17-20,22-23H2,1H3/t31-/m0/s1. The first-order chi connectivity index (χ1) is 22.1. The lowest BCUT2D eigenvalue weighted by atomic mass is 10.0. The molecule has 1 fully saturated rings. The Hall–Kier alpha value is -5.06. The molecule has 0 radical (unpaired) electrons. The highest BCUT2D eigenvalue weighted by Crippen LogP contribution is 2.39. The molecule has 2 aliphatic rings. The molecule has 10 heteroatoms. The minimum Gasteiger partial charge on any atom is -0.497 e. The summed E-state index contributed by atoms with van der Waals surface area (Å²) < 4.78 is 30.3. The van der Waals surface area contributed by atoms with Crippen molar-refractivity contribution in [1.29, 1.82) is 0 Å². The summed E-state index contributed by atoms with van der Waals surface area (Å²) >= 11 is 0. The highest BCUT2D eigenvalue weighted by atomic mass is 19.1. The van der Waals surface area contributed by atoms with E-state index in [1.807, 2.05) is 53.2 Å². The van der Waals surface area contributed by atoms with Gasteiger partial charge in [0.05, 0.1) is 24.4 Å². The van der Waals surface area contributed by atoms with Crippen molar-refractivity contribution in [3.63, 3.8) is 0 Å². The van der Waals surface area contributed by atoms with E-state index in [2.05, 4.69) is 39.2 Å². The van der Waals surface area contributed by atoms with Gasteiger partial charge in [-0.2, -0.15) is 5.10 Å². The van der Waals surface area contributed by atoms with Gasteiger partial charge in [-0.1, -0.05) is 30.3 Å². The molecule has 6 aromatic rings. The van der Waals surface area contributed by atoms with E-state index in [0.717, 1.165) is 49.9 Å². The second-order valence-electron chi connectivity index (χ2n) is 11.4. The Balaban J connectivity index is 1.08. The summed E-state index contributed by atoms with van der Waals surface area (Å²) in [7, 11) is 1.69. The van der Waals surface area contributed by atoms with Crippen LogP contribution in [0.2, 0.25) is 0 Å². The Morgan fingerprint density at radius 1 is 0.911 bits per heavy atom. The molecule has 0 N–H and O–H groups in total. The van der Waals surface area contributed by atoms with Crippen LogP contribution in [0.4, 0.5) is 4.39 Å². The molecule has 1 atom stereocenters. The van der Waals surface area contributed by atoms with Gasteiger partial charge in [-0.25, -0.2) is 19.0 Å². The average molecular weight is 602 g/mol. The van der Waals surface area contributed by atoms with Crippen LogP contribution in [0, 0.1) is 5.82 Å². The number of rotatable bonds is 7. The van der Waals surface area contributed by atoms with E-state index in [1.54, 1.807) is 30.1 Å². The summed E-state index contributed by atoms with van der Waals surface area (Å²) in [5.74, 6) is 2.51. The molecule has 45 heavy (non-hydrogen) atoms. The molecule has 5 heterocycles.